The molecule has 0 bridgehead atoms. The Morgan fingerprint density at radius 2 is 2.18 bits per heavy atom. The predicted molar refractivity (Wildman–Crippen MR) is 69.3 cm³/mol. The largest absolute Gasteiger partial charge is 0.493 e. The van der Waals surface area contributed by atoms with Gasteiger partial charge in [-0.05, 0) is 30.5 Å². The average Bonchev–Trinajstić information content (AvgIpc) is 2.36. The van der Waals surface area contributed by atoms with Crippen LogP contribution in [-0.2, 0) is 6.42 Å². The molecule has 0 aliphatic heterocycles. The van der Waals surface area contributed by atoms with Crippen molar-refractivity contribution in [3.05, 3.63) is 23.8 Å². The zero-order valence-corrected chi connectivity index (χ0v) is 10.4. The molecule has 0 radical (unpaired) electrons. The SMILES string of the molecule is C#CCOc1ccc(CC(N)CC)cc1OC. The van der Waals surface area contributed by atoms with Crippen molar-refractivity contribution in [3.63, 3.8) is 0 Å². The molecule has 2 N–H and O–H groups in total. The van der Waals surface area contributed by atoms with Gasteiger partial charge in [0.2, 0.25) is 0 Å². The second-order valence-corrected chi connectivity index (χ2v) is 3.85. The maximum absolute atomic E-state index is 5.92. The van der Waals surface area contributed by atoms with E-state index in [9.17, 15) is 0 Å². The molecule has 3 heteroatoms. The lowest BCUT2D eigenvalue weighted by Crippen LogP contribution is -2.21. The van der Waals surface area contributed by atoms with Crippen molar-refractivity contribution < 1.29 is 9.47 Å². The van der Waals surface area contributed by atoms with Gasteiger partial charge in [0.15, 0.2) is 11.5 Å². The average molecular weight is 233 g/mol. The lowest BCUT2D eigenvalue weighted by molar-refractivity contribution is 0.330. The van der Waals surface area contributed by atoms with Crippen LogP contribution in [0.1, 0.15) is 18.9 Å². The Morgan fingerprint density at radius 1 is 1.41 bits per heavy atom. The fraction of sp³-hybridized carbons (Fsp3) is 0.429. The van der Waals surface area contributed by atoms with E-state index in [2.05, 4.69) is 12.8 Å². The molecule has 3 nitrogen and oxygen atoms in total. The lowest BCUT2D eigenvalue weighted by Gasteiger charge is -2.12. The zero-order valence-electron chi connectivity index (χ0n) is 10.4. The first-order valence-electron chi connectivity index (χ1n) is 5.70. The lowest BCUT2D eigenvalue weighted by atomic mass is 10.0. The fourth-order valence-corrected chi connectivity index (χ4v) is 1.52. The van der Waals surface area contributed by atoms with Crippen LogP contribution in [0, 0.1) is 12.3 Å². The number of hydrogen-bond donors (Lipinski definition) is 1. The smallest absolute Gasteiger partial charge is 0.162 e. The number of nitrogens with two attached hydrogens (primary N) is 1. The van der Waals surface area contributed by atoms with Crippen LogP contribution in [0.15, 0.2) is 18.2 Å². The molecule has 0 aliphatic carbocycles. The summed E-state index contributed by atoms with van der Waals surface area (Å²) in [6, 6.07) is 5.98. The topological polar surface area (TPSA) is 44.5 Å². The fourth-order valence-electron chi connectivity index (χ4n) is 1.52. The molecular weight excluding hydrogens is 214 g/mol. The minimum Gasteiger partial charge on any atom is -0.493 e. The van der Waals surface area contributed by atoms with Crippen molar-refractivity contribution in [2.45, 2.75) is 25.8 Å². The van der Waals surface area contributed by atoms with E-state index in [1.807, 2.05) is 18.2 Å². The molecular formula is C14H19NO2. The van der Waals surface area contributed by atoms with E-state index in [1.165, 1.54) is 0 Å². The summed E-state index contributed by atoms with van der Waals surface area (Å²) in [5, 5.41) is 0. The van der Waals surface area contributed by atoms with Crippen molar-refractivity contribution in [3.8, 4) is 23.8 Å². The van der Waals surface area contributed by atoms with Crippen LogP contribution >= 0.6 is 0 Å². The van der Waals surface area contributed by atoms with Crippen LogP contribution < -0.4 is 15.2 Å². The maximum atomic E-state index is 5.92. The molecule has 0 spiro atoms. The van der Waals surface area contributed by atoms with Crippen LogP contribution in [0.5, 0.6) is 11.5 Å². The molecule has 0 aromatic heterocycles. The summed E-state index contributed by atoms with van der Waals surface area (Å²) < 4.78 is 10.6. The first-order valence-corrected chi connectivity index (χ1v) is 5.70. The molecule has 0 heterocycles. The van der Waals surface area contributed by atoms with Gasteiger partial charge in [-0.2, -0.15) is 0 Å². The van der Waals surface area contributed by atoms with Crippen LogP contribution in [0.2, 0.25) is 0 Å². The molecule has 0 saturated heterocycles. The Bertz CT molecular complexity index is 396. The van der Waals surface area contributed by atoms with Crippen molar-refractivity contribution in [2.75, 3.05) is 13.7 Å². The van der Waals surface area contributed by atoms with Crippen molar-refractivity contribution in [1.82, 2.24) is 0 Å². The molecule has 0 saturated carbocycles. The van der Waals surface area contributed by atoms with Crippen LogP contribution in [-0.4, -0.2) is 19.8 Å². The molecule has 0 amide bonds. The van der Waals surface area contributed by atoms with Crippen LogP contribution in [0.3, 0.4) is 0 Å². The molecule has 1 atom stereocenters. The third-order valence-corrected chi connectivity index (χ3v) is 2.56. The Morgan fingerprint density at radius 3 is 2.76 bits per heavy atom. The highest BCUT2D eigenvalue weighted by molar-refractivity contribution is 5.43. The number of terminal acetylenes is 1. The van der Waals surface area contributed by atoms with Crippen molar-refractivity contribution in [1.29, 1.82) is 0 Å². The third kappa shape index (κ3) is 4.01. The first kappa shape index (κ1) is 13.4. The second-order valence-electron chi connectivity index (χ2n) is 3.85. The van der Waals surface area contributed by atoms with E-state index in [1.54, 1.807) is 7.11 Å². The Hall–Kier alpha value is -1.66. The highest BCUT2D eigenvalue weighted by Gasteiger charge is 2.07. The summed E-state index contributed by atoms with van der Waals surface area (Å²) in [5.41, 5.74) is 7.06. The van der Waals surface area contributed by atoms with Gasteiger partial charge in [0, 0.05) is 6.04 Å². The summed E-state index contributed by atoms with van der Waals surface area (Å²) in [6.45, 7) is 2.32. The standard InChI is InChI=1S/C14H19NO2/c1-4-8-17-13-7-6-11(9-12(15)5-2)10-14(13)16-3/h1,6-7,10,12H,5,8-9,15H2,2-3H3. The molecule has 17 heavy (non-hydrogen) atoms. The van der Waals surface area contributed by atoms with E-state index in [0.29, 0.717) is 11.5 Å². The van der Waals surface area contributed by atoms with Gasteiger partial charge >= 0.3 is 0 Å². The Labute approximate surface area is 103 Å². The van der Waals surface area contributed by atoms with E-state index in [0.717, 1.165) is 18.4 Å². The van der Waals surface area contributed by atoms with Crippen LogP contribution in [0.4, 0.5) is 0 Å². The predicted octanol–water partition coefficient (Wildman–Crippen LogP) is 1.99. The summed E-state index contributed by atoms with van der Waals surface area (Å²) >= 11 is 0. The molecule has 1 aromatic rings. The molecule has 0 aliphatic rings. The van der Waals surface area contributed by atoms with E-state index in [4.69, 9.17) is 21.6 Å². The van der Waals surface area contributed by atoms with Crippen molar-refractivity contribution >= 4 is 0 Å². The normalized spacial score (nSPS) is 11.6. The minimum absolute atomic E-state index is 0.178. The summed E-state index contributed by atoms with van der Waals surface area (Å²) in [6.07, 6.45) is 6.94. The molecule has 0 fully saturated rings. The highest BCUT2D eigenvalue weighted by atomic mass is 16.5. The third-order valence-electron chi connectivity index (χ3n) is 2.56. The summed E-state index contributed by atoms with van der Waals surface area (Å²) in [5.74, 6) is 3.79. The number of methoxy groups -OCH3 is 1. The van der Waals surface area contributed by atoms with Gasteiger partial charge in [-0.1, -0.05) is 18.9 Å². The van der Waals surface area contributed by atoms with Gasteiger partial charge in [0.05, 0.1) is 7.11 Å². The quantitative estimate of drug-likeness (QED) is 0.764. The molecule has 1 rings (SSSR count). The van der Waals surface area contributed by atoms with Gasteiger partial charge in [0.25, 0.3) is 0 Å². The van der Waals surface area contributed by atoms with E-state index < -0.39 is 0 Å². The maximum Gasteiger partial charge on any atom is 0.162 e. The molecule has 1 aromatic carbocycles. The number of hydrogen-bond acceptors (Lipinski definition) is 3. The monoisotopic (exact) mass is 233 g/mol. The van der Waals surface area contributed by atoms with Gasteiger partial charge in [-0.3, -0.25) is 0 Å². The highest BCUT2D eigenvalue weighted by Crippen LogP contribution is 2.28. The van der Waals surface area contributed by atoms with Gasteiger partial charge in [0.1, 0.15) is 6.61 Å². The number of rotatable bonds is 6. The van der Waals surface area contributed by atoms with E-state index in [-0.39, 0.29) is 12.6 Å². The minimum atomic E-state index is 0.178. The van der Waals surface area contributed by atoms with Gasteiger partial charge < -0.3 is 15.2 Å². The Balaban J connectivity index is 2.81. The number of benzene rings is 1. The first-order chi connectivity index (χ1) is 8.21. The van der Waals surface area contributed by atoms with Crippen LogP contribution in [0.25, 0.3) is 0 Å². The molecule has 92 valence electrons. The van der Waals surface area contributed by atoms with Gasteiger partial charge in [-0.15, -0.1) is 6.42 Å². The number of ether oxygens (including phenoxy) is 2. The molecule has 1 unspecified atom stereocenters. The second kappa shape index (κ2) is 6.82. The van der Waals surface area contributed by atoms with E-state index >= 15 is 0 Å². The summed E-state index contributed by atoms with van der Waals surface area (Å²) in [4.78, 5) is 0. The zero-order chi connectivity index (χ0) is 12.7. The van der Waals surface area contributed by atoms with Crippen molar-refractivity contribution in [2.24, 2.45) is 5.73 Å². The van der Waals surface area contributed by atoms with Gasteiger partial charge in [-0.25, -0.2) is 0 Å². The summed E-state index contributed by atoms with van der Waals surface area (Å²) in [7, 11) is 1.61. The Kier molecular flexibility index (Phi) is 5.38.